The van der Waals surface area contributed by atoms with Gasteiger partial charge in [-0.1, -0.05) is 24.3 Å². The van der Waals surface area contributed by atoms with Crippen LogP contribution in [0.5, 0.6) is 0 Å². The Hall–Kier alpha value is -2.69. The van der Waals surface area contributed by atoms with E-state index in [1.54, 1.807) is 12.3 Å². The molecule has 0 radical (unpaired) electrons. The minimum Gasteiger partial charge on any atom is -0.337 e. The Kier molecular flexibility index (Phi) is 3.99. The molecule has 0 saturated carbocycles. The first kappa shape index (κ1) is 14.9. The number of pyridine rings is 1. The first-order valence-electron chi connectivity index (χ1n) is 8.42. The number of likely N-dealkylation sites (tertiary alicyclic amines) is 1. The van der Waals surface area contributed by atoms with E-state index in [0.29, 0.717) is 11.6 Å². The number of aromatic amines is 1. The number of rotatable bonds is 3. The van der Waals surface area contributed by atoms with Crippen LogP contribution in [0.25, 0.3) is 10.9 Å². The van der Waals surface area contributed by atoms with Gasteiger partial charge < -0.3 is 4.90 Å². The summed E-state index contributed by atoms with van der Waals surface area (Å²) in [5, 5.41) is 7.81. The van der Waals surface area contributed by atoms with E-state index >= 15 is 0 Å². The Morgan fingerprint density at radius 3 is 2.75 bits per heavy atom. The van der Waals surface area contributed by atoms with E-state index in [-0.39, 0.29) is 5.91 Å². The average molecular weight is 320 g/mol. The van der Waals surface area contributed by atoms with Crippen molar-refractivity contribution in [3.05, 3.63) is 60.0 Å². The van der Waals surface area contributed by atoms with Crippen molar-refractivity contribution in [2.45, 2.75) is 19.3 Å². The van der Waals surface area contributed by atoms with Crippen molar-refractivity contribution in [1.82, 2.24) is 20.1 Å². The lowest BCUT2D eigenvalue weighted by Crippen LogP contribution is -2.39. The van der Waals surface area contributed by atoms with Gasteiger partial charge in [0.05, 0.1) is 5.52 Å². The number of carbonyl (C=O) groups excluding carboxylic acids is 1. The van der Waals surface area contributed by atoms with E-state index < -0.39 is 0 Å². The molecule has 4 rings (SSSR count). The number of H-pyrrole nitrogens is 1. The molecule has 1 N–H and O–H groups in total. The van der Waals surface area contributed by atoms with E-state index in [4.69, 9.17) is 0 Å². The number of aromatic nitrogens is 3. The number of nitrogens with zero attached hydrogens (tertiary/aromatic N) is 3. The van der Waals surface area contributed by atoms with Crippen LogP contribution in [0.1, 0.15) is 28.9 Å². The highest BCUT2D eigenvalue weighted by atomic mass is 16.2. The minimum atomic E-state index is 0.0535. The SMILES string of the molecule is O=C(c1ccn[nH]1)N1CCC(Cc2cccc3cccnc23)CC1. The molecule has 1 saturated heterocycles. The van der Waals surface area contributed by atoms with Crippen LogP contribution in [0, 0.1) is 5.92 Å². The van der Waals surface area contributed by atoms with Gasteiger partial charge >= 0.3 is 0 Å². The van der Waals surface area contributed by atoms with Gasteiger partial charge in [0, 0.05) is 30.9 Å². The zero-order valence-electron chi connectivity index (χ0n) is 13.5. The second-order valence-electron chi connectivity index (χ2n) is 6.40. The Labute approximate surface area is 140 Å². The van der Waals surface area contributed by atoms with Gasteiger partial charge in [0.2, 0.25) is 0 Å². The molecule has 2 aromatic heterocycles. The van der Waals surface area contributed by atoms with Gasteiger partial charge in [-0.25, -0.2) is 0 Å². The maximum absolute atomic E-state index is 12.3. The Morgan fingerprint density at radius 1 is 1.12 bits per heavy atom. The summed E-state index contributed by atoms with van der Waals surface area (Å²) in [4.78, 5) is 18.8. The molecule has 122 valence electrons. The normalized spacial score (nSPS) is 15.8. The summed E-state index contributed by atoms with van der Waals surface area (Å²) in [5.41, 5.74) is 2.99. The number of benzene rings is 1. The monoisotopic (exact) mass is 320 g/mol. The maximum Gasteiger partial charge on any atom is 0.271 e. The molecule has 0 aliphatic carbocycles. The Balaban J connectivity index is 1.42. The summed E-state index contributed by atoms with van der Waals surface area (Å²) in [6.07, 6.45) is 6.57. The standard InChI is InChI=1S/C19H20N4O/c24-19(17-6-10-21-22-17)23-11-7-14(8-12-23)13-16-4-1-3-15-5-2-9-20-18(15)16/h1-6,9-10,14H,7-8,11-13H2,(H,21,22). The third-order valence-corrected chi connectivity index (χ3v) is 4.86. The highest BCUT2D eigenvalue weighted by Crippen LogP contribution is 2.25. The van der Waals surface area contributed by atoms with Crippen LogP contribution < -0.4 is 0 Å². The van der Waals surface area contributed by atoms with Crippen LogP contribution >= 0.6 is 0 Å². The number of piperidine rings is 1. The predicted octanol–water partition coefficient (Wildman–Crippen LogP) is 3.05. The quantitative estimate of drug-likeness (QED) is 0.807. The molecule has 1 fully saturated rings. The van der Waals surface area contributed by atoms with Crippen molar-refractivity contribution >= 4 is 16.8 Å². The van der Waals surface area contributed by atoms with Crippen LogP contribution in [0.3, 0.4) is 0 Å². The molecule has 3 heterocycles. The summed E-state index contributed by atoms with van der Waals surface area (Å²) in [5.74, 6) is 0.654. The first-order valence-corrected chi connectivity index (χ1v) is 8.42. The molecule has 1 aliphatic heterocycles. The fourth-order valence-corrected chi connectivity index (χ4v) is 3.53. The lowest BCUT2D eigenvalue weighted by Gasteiger charge is -2.31. The predicted molar refractivity (Wildman–Crippen MR) is 92.7 cm³/mol. The third kappa shape index (κ3) is 2.89. The summed E-state index contributed by atoms with van der Waals surface area (Å²) < 4.78 is 0. The number of hydrogen-bond donors (Lipinski definition) is 1. The molecule has 24 heavy (non-hydrogen) atoms. The Bertz CT molecular complexity index is 830. The summed E-state index contributed by atoms with van der Waals surface area (Å²) >= 11 is 0. The Morgan fingerprint density at radius 2 is 1.96 bits per heavy atom. The third-order valence-electron chi connectivity index (χ3n) is 4.86. The smallest absolute Gasteiger partial charge is 0.271 e. The molecule has 0 atom stereocenters. The topological polar surface area (TPSA) is 61.9 Å². The molecule has 5 nitrogen and oxygen atoms in total. The van der Waals surface area contributed by atoms with Gasteiger partial charge in [-0.15, -0.1) is 0 Å². The van der Waals surface area contributed by atoms with Crippen LogP contribution in [0.4, 0.5) is 0 Å². The summed E-state index contributed by atoms with van der Waals surface area (Å²) in [7, 11) is 0. The zero-order valence-corrected chi connectivity index (χ0v) is 13.5. The van der Waals surface area contributed by atoms with Crippen LogP contribution in [0.15, 0.2) is 48.8 Å². The lowest BCUT2D eigenvalue weighted by molar-refractivity contribution is 0.0684. The minimum absolute atomic E-state index is 0.0535. The second kappa shape index (κ2) is 6.43. The fourth-order valence-electron chi connectivity index (χ4n) is 3.53. The van der Waals surface area contributed by atoms with Crippen molar-refractivity contribution in [3.63, 3.8) is 0 Å². The first-order chi connectivity index (χ1) is 11.8. The number of para-hydroxylation sites is 1. The van der Waals surface area contributed by atoms with E-state index in [2.05, 4.69) is 39.4 Å². The van der Waals surface area contributed by atoms with Crippen molar-refractivity contribution in [3.8, 4) is 0 Å². The number of nitrogens with one attached hydrogen (secondary N) is 1. The van der Waals surface area contributed by atoms with Crippen molar-refractivity contribution in [2.24, 2.45) is 5.92 Å². The van der Waals surface area contributed by atoms with E-state index in [1.165, 1.54) is 10.9 Å². The average Bonchev–Trinajstić information content (AvgIpc) is 3.17. The van der Waals surface area contributed by atoms with Crippen LogP contribution in [-0.4, -0.2) is 39.1 Å². The maximum atomic E-state index is 12.3. The van der Waals surface area contributed by atoms with Crippen molar-refractivity contribution < 1.29 is 4.79 Å². The highest BCUT2D eigenvalue weighted by molar-refractivity contribution is 5.92. The van der Waals surface area contributed by atoms with Crippen LogP contribution in [0.2, 0.25) is 0 Å². The molecule has 0 unspecified atom stereocenters. The molecular formula is C19H20N4O. The molecule has 1 aliphatic rings. The van der Waals surface area contributed by atoms with Gasteiger partial charge in [-0.3, -0.25) is 14.9 Å². The number of hydrogen-bond acceptors (Lipinski definition) is 3. The number of amides is 1. The van der Waals surface area contributed by atoms with Gasteiger partial charge in [0.15, 0.2) is 0 Å². The van der Waals surface area contributed by atoms with Crippen molar-refractivity contribution in [2.75, 3.05) is 13.1 Å². The highest BCUT2D eigenvalue weighted by Gasteiger charge is 2.24. The van der Waals surface area contributed by atoms with Gasteiger partial charge in [0.1, 0.15) is 5.69 Å². The largest absolute Gasteiger partial charge is 0.337 e. The molecule has 5 heteroatoms. The lowest BCUT2D eigenvalue weighted by atomic mass is 9.89. The van der Waals surface area contributed by atoms with Crippen molar-refractivity contribution in [1.29, 1.82) is 0 Å². The molecule has 0 spiro atoms. The molecular weight excluding hydrogens is 300 g/mol. The summed E-state index contributed by atoms with van der Waals surface area (Å²) in [6.45, 7) is 1.61. The molecule has 0 bridgehead atoms. The second-order valence-corrected chi connectivity index (χ2v) is 6.40. The van der Waals surface area contributed by atoms with Gasteiger partial charge in [-0.2, -0.15) is 5.10 Å². The number of fused-ring (bicyclic) bond motifs is 1. The molecule has 3 aromatic rings. The van der Waals surface area contributed by atoms with Gasteiger partial charge in [-0.05, 0) is 42.9 Å². The van der Waals surface area contributed by atoms with E-state index in [0.717, 1.165) is 37.9 Å². The van der Waals surface area contributed by atoms with E-state index in [9.17, 15) is 4.79 Å². The molecule has 1 amide bonds. The van der Waals surface area contributed by atoms with Crippen LogP contribution in [-0.2, 0) is 6.42 Å². The number of carbonyl (C=O) groups is 1. The fraction of sp³-hybridized carbons (Fsp3) is 0.316. The zero-order chi connectivity index (χ0) is 16.4. The van der Waals surface area contributed by atoms with E-state index in [1.807, 2.05) is 17.2 Å². The molecule has 1 aromatic carbocycles. The summed E-state index contributed by atoms with van der Waals surface area (Å²) in [6, 6.07) is 12.2. The van der Waals surface area contributed by atoms with Gasteiger partial charge in [0.25, 0.3) is 5.91 Å².